The van der Waals surface area contributed by atoms with Crippen molar-refractivity contribution in [3.8, 4) is 0 Å². The minimum absolute atomic E-state index is 0.156. The standard InChI is InChI=1S/C68H133NO3/c1-5-9-13-17-21-22-23-24-25-26-27-28-29-30-31-32-33-34-35-36-37-38-39-40-41-42-43-44-45-46-47-48-49-50-51-52-53-57-61-66(65-67(70)72-64-60-56-20-16-12-8-4)68(71)69(62-58-54-18-14-10-6-2)63-59-55-19-15-11-7-3/h30-31,66H,5-29,32-65H2,1-4H3/b31-30+. The van der Waals surface area contributed by atoms with Crippen LogP contribution >= 0.6 is 0 Å². The third-order valence-corrected chi connectivity index (χ3v) is 16.0. The van der Waals surface area contributed by atoms with Gasteiger partial charge in [-0.25, -0.2) is 0 Å². The number of amides is 1. The fraction of sp³-hybridized carbons (Fsp3) is 0.941. The van der Waals surface area contributed by atoms with E-state index in [1.165, 1.54) is 315 Å². The van der Waals surface area contributed by atoms with Crippen molar-refractivity contribution in [2.24, 2.45) is 5.92 Å². The van der Waals surface area contributed by atoms with Crippen molar-refractivity contribution in [3.63, 3.8) is 0 Å². The van der Waals surface area contributed by atoms with Crippen LogP contribution in [0.3, 0.4) is 0 Å². The van der Waals surface area contributed by atoms with Crippen LogP contribution in [0.25, 0.3) is 0 Å². The molecule has 0 aliphatic carbocycles. The van der Waals surface area contributed by atoms with Crippen LogP contribution < -0.4 is 0 Å². The van der Waals surface area contributed by atoms with Crippen molar-refractivity contribution in [2.45, 2.75) is 387 Å². The van der Waals surface area contributed by atoms with Gasteiger partial charge in [-0.2, -0.15) is 0 Å². The van der Waals surface area contributed by atoms with E-state index in [9.17, 15) is 9.59 Å². The SMILES string of the molecule is CCCCCCCCCCCCCC/C=C/CCCCCCCCCCCCCCCCCCCCCCCCC(CC(=O)OCCCCCCCC)C(=O)N(CCCCCCCC)CCCCCCCC. The first-order valence-electron chi connectivity index (χ1n) is 33.7. The Balaban J connectivity index is 4.04. The van der Waals surface area contributed by atoms with Gasteiger partial charge in [0.2, 0.25) is 5.91 Å². The average molecular weight is 1010 g/mol. The van der Waals surface area contributed by atoms with Gasteiger partial charge < -0.3 is 9.64 Å². The highest BCUT2D eigenvalue weighted by Gasteiger charge is 2.27. The second kappa shape index (κ2) is 62.2. The fourth-order valence-electron chi connectivity index (χ4n) is 10.9. The Morgan fingerprint density at radius 3 is 0.875 bits per heavy atom. The van der Waals surface area contributed by atoms with Crippen molar-refractivity contribution in [1.29, 1.82) is 0 Å². The maximum atomic E-state index is 14.2. The van der Waals surface area contributed by atoms with Gasteiger partial charge >= 0.3 is 5.97 Å². The van der Waals surface area contributed by atoms with Crippen molar-refractivity contribution >= 4 is 11.9 Å². The zero-order valence-corrected chi connectivity index (χ0v) is 50.1. The first-order chi connectivity index (χ1) is 35.6. The number of nitrogens with zero attached hydrogens (tertiary/aromatic N) is 1. The molecule has 1 unspecified atom stereocenters. The molecule has 0 bridgehead atoms. The number of unbranched alkanes of at least 4 members (excludes halogenated alkanes) is 49. The van der Waals surface area contributed by atoms with Crippen molar-refractivity contribution in [2.75, 3.05) is 19.7 Å². The van der Waals surface area contributed by atoms with E-state index >= 15 is 0 Å². The minimum Gasteiger partial charge on any atom is -0.466 e. The van der Waals surface area contributed by atoms with E-state index < -0.39 is 0 Å². The molecular formula is C68H133NO3. The zero-order chi connectivity index (χ0) is 52.2. The Kier molecular flexibility index (Phi) is 61.1. The smallest absolute Gasteiger partial charge is 0.306 e. The lowest BCUT2D eigenvalue weighted by Crippen LogP contribution is -2.38. The van der Waals surface area contributed by atoms with Crippen LogP contribution in [0, 0.1) is 5.92 Å². The molecule has 0 saturated carbocycles. The van der Waals surface area contributed by atoms with E-state index in [1.807, 2.05) is 0 Å². The lowest BCUT2D eigenvalue weighted by Gasteiger charge is -2.27. The summed E-state index contributed by atoms with van der Waals surface area (Å²) in [6.07, 6.45) is 78.3. The second-order valence-corrected chi connectivity index (χ2v) is 23.3. The van der Waals surface area contributed by atoms with E-state index in [0.717, 1.165) is 51.6 Å². The molecule has 0 heterocycles. The predicted octanol–water partition coefficient (Wildman–Crippen LogP) is 23.5. The summed E-state index contributed by atoms with van der Waals surface area (Å²) in [6.45, 7) is 11.3. The summed E-state index contributed by atoms with van der Waals surface area (Å²) in [5.41, 5.74) is 0. The molecule has 0 aromatic rings. The number of carbonyl (C=O) groups excluding carboxylic acids is 2. The van der Waals surface area contributed by atoms with E-state index in [-0.39, 0.29) is 24.2 Å². The summed E-state index contributed by atoms with van der Waals surface area (Å²) in [4.78, 5) is 29.5. The molecule has 0 aromatic heterocycles. The topological polar surface area (TPSA) is 46.6 Å². The number of ether oxygens (including phenoxy) is 1. The Morgan fingerprint density at radius 1 is 0.319 bits per heavy atom. The number of esters is 1. The Bertz CT molecular complexity index is 1060. The monoisotopic (exact) mass is 1010 g/mol. The van der Waals surface area contributed by atoms with E-state index in [4.69, 9.17) is 4.74 Å². The molecule has 0 aromatic carbocycles. The first kappa shape index (κ1) is 70.7. The Hall–Kier alpha value is -1.32. The van der Waals surface area contributed by atoms with Crippen LogP contribution in [0.1, 0.15) is 387 Å². The van der Waals surface area contributed by atoms with Gasteiger partial charge in [0.05, 0.1) is 13.0 Å². The molecular weight excluding hydrogens is 879 g/mol. The van der Waals surface area contributed by atoms with Crippen LogP contribution in [-0.4, -0.2) is 36.5 Å². The number of carbonyl (C=O) groups is 2. The summed E-state index contributed by atoms with van der Waals surface area (Å²) in [5, 5.41) is 0. The summed E-state index contributed by atoms with van der Waals surface area (Å²) >= 11 is 0. The van der Waals surface area contributed by atoms with Crippen LogP contribution in [0.4, 0.5) is 0 Å². The van der Waals surface area contributed by atoms with Crippen LogP contribution in [-0.2, 0) is 14.3 Å². The van der Waals surface area contributed by atoms with Crippen molar-refractivity contribution in [1.82, 2.24) is 4.90 Å². The molecule has 0 rings (SSSR count). The molecule has 428 valence electrons. The third-order valence-electron chi connectivity index (χ3n) is 16.0. The number of hydrogen-bond donors (Lipinski definition) is 0. The number of allylic oxidation sites excluding steroid dienone is 2. The molecule has 0 spiro atoms. The van der Waals surface area contributed by atoms with Crippen LogP contribution in [0.15, 0.2) is 12.2 Å². The highest BCUT2D eigenvalue weighted by molar-refractivity contribution is 5.83. The molecule has 0 N–H and O–H groups in total. The van der Waals surface area contributed by atoms with Gasteiger partial charge in [-0.3, -0.25) is 9.59 Å². The van der Waals surface area contributed by atoms with Gasteiger partial charge in [0.1, 0.15) is 0 Å². The second-order valence-electron chi connectivity index (χ2n) is 23.3. The molecule has 72 heavy (non-hydrogen) atoms. The maximum absolute atomic E-state index is 14.2. The molecule has 1 atom stereocenters. The normalized spacial score (nSPS) is 12.1. The lowest BCUT2D eigenvalue weighted by molar-refractivity contribution is -0.149. The number of hydrogen-bond acceptors (Lipinski definition) is 3. The fourth-order valence-corrected chi connectivity index (χ4v) is 10.9. The molecule has 0 aliphatic rings. The van der Waals surface area contributed by atoms with Crippen molar-refractivity contribution < 1.29 is 14.3 Å². The lowest BCUT2D eigenvalue weighted by atomic mass is 9.95. The van der Waals surface area contributed by atoms with Gasteiger partial charge in [0, 0.05) is 19.0 Å². The maximum Gasteiger partial charge on any atom is 0.306 e. The van der Waals surface area contributed by atoms with Gasteiger partial charge in [0.25, 0.3) is 0 Å². The number of rotatable bonds is 62. The minimum atomic E-state index is -0.228. The highest BCUT2D eigenvalue weighted by Crippen LogP contribution is 2.22. The van der Waals surface area contributed by atoms with Crippen LogP contribution in [0.2, 0.25) is 0 Å². The summed E-state index contributed by atoms with van der Waals surface area (Å²) in [7, 11) is 0. The Morgan fingerprint density at radius 2 is 0.569 bits per heavy atom. The van der Waals surface area contributed by atoms with Gasteiger partial charge in [-0.05, 0) is 51.4 Å². The van der Waals surface area contributed by atoms with Gasteiger partial charge in [-0.15, -0.1) is 0 Å². The summed E-state index contributed by atoms with van der Waals surface area (Å²) in [6, 6.07) is 0. The van der Waals surface area contributed by atoms with Gasteiger partial charge in [0.15, 0.2) is 0 Å². The first-order valence-corrected chi connectivity index (χ1v) is 33.7. The van der Waals surface area contributed by atoms with E-state index in [1.54, 1.807) is 0 Å². The summed E-state index contributed by atoms with van der Waals surface area (Å²) < 4.78 is 5.75. The summed E-state index contributed by atoms with van der Waals surface area (Å²) in [5.74, 6) is -0.154. The van der Waals surface area contributed by atoms with Crippen LogP contribution in [0.5, 0.6) is 0 Å². The largest absolute Gasteiger partial charge is 0.466 e. The molecule has 0 radical (unpaired) electrons. The average Bonchev–Trinajstić information content (AvgIpc) is 3.38. The molecule has 4 nitrogen and oxygen atoms in total. The molecule has 1 amide bonds. The predicted molar refractivity (Wildman–Crippen MR) is 321 cm³/mol. The molecule has 4 heteroatoms. The Labute approximate surface area is 454 Å². The van der Waals surface area contributed by atoms with Crippen molar-refractivity contribution in [3.05, 3.63) is 12.2 Å². The highest BCUT2D eigenvalue weighted by atomic mass is 16.5. The molecule has 0 aliphatic heterocycles. The zero-order valence-electron chi connectivity index (χ0n) is 50.1. The van der Waals surface area contributed by atoms with Gasteiger partial charge in [-0.1, -0.05) is 342 Å². The third kappa shape index (κ3) is 54.9. The van der Waals surface area contributed by atoms with E-state index in [0.29, 0.717) is 6.61 Å². The molecule has 0 saturated heterocycles. The molecule has 0 fully saturated rings. The van der Waals surface area contributed by atoms with E-state index in [2.05, 4.69) is 44.7 Å². The quantitative estimate of drug-likeness (QED) is 0.0346.